The summed E-state index contributed by atoms with van der Waals surface area (Å²) in [4.78, 5) is 0.258. The third kappa shape index (κ3) is 2.53. The second kappa shape index (κ2) is 4.45. The van der Waals surface area contributed by atoms with E-state index >= 15 is 0 Å². The molecule has 0 amide bonds. The van der Waals surface area contributed by atoms with Crippen LogP contribution in [0.15, 0.2) is 29.3 Å². The summed E-state index contributed by atoms with van der Waals surface area (Å²) in [7, 11) is -3.57. The highest BCUT2D eigenvalue weighted by molar-refractivity contribution is 7.92. The summed E-state index contributed by atoms with van der Waals surface area (Å²) < 4.78 is 26.9. The van der Waals surface area contributed by atoms with Gasteiger partial charge in [-0.25, -0.2) is 8.42 Å². The normalized spacial score (nSPS) is 11.5. The van der Waals surface area contributed by atoms with E-state index in [2.05, 4.69) is 14.9 Å². The number of aromatic amines is 1. The van der Waals surface area contributed by atoms with E-state index in [9.17, 15) is 8.42 Å². The van der Waals surface area contributed by atoms with Gasteiger partial charge in [0.1, 0.15) is 5.82 Å². The van der Waals surface area contributed by atoms with Crippen LogP contribution in [0.25, 0.3) is 0 Å². The lowest BCUT2D eigenvalue weighted by Gasteiger charge is -2.08. The lowest BCUT2D eigenvalue weighted by Crippen LogP contribution is -2.14. The van der Waals surface area contributed by atoms with Gasteiger partial charge >= 0.3 is 0 Å². The third-order valence-electron chi connectivity index (χ3n) is 2.57. The molecule has 1 heterocycles. The molecule has 18 heavy (non-hydrogen) atoms. The molecule has 5 nitrogen and oxygen atoms in total. The average molecular weight is 265 g/mol. The number of hydrogen-bond donors (Lipinski definition) is 2. The Morgan fingerprint density at radius 3 is 2.22 bits per heavy atom. The summed E-state index contributed by atoms with van der Waals surface area (Å²) in [6.45, 7) is 5.52. The molecule has 0 atom stereocenters. The van der Waals surface area contributed by atoms with Crippen molar-refractivity contribution in [2.24, 2.45) is 0 Å². The smallest absolute Gasteiger partial charge is 0.263 e. The highest BCUT2D eigenvalue weighted by Gasteiger charge is 2.16. The van der Waals surface area contributed by atoms with E-state index in [0.29, 0.717) is 5.82 Å². The monoisotopic (exact) mass is 265 g/mol. The first kappa shape index (κ1) is 12.6. The van der Waals surface area contributed by atoms with Gasteiger partial charge in [0.25, 0.3) is 10.0 Å². The van der Waals surface area contributed by atoms with Crippen LogP contribution in [-0.4, -0.2) is 18.6 Å². The second-order valence-corrected chi connectivity index (χ2v) is 6.04. The van der Waals surface area contributed by atoms with E-state index in [1.807, 2.05) is 19.9 Å². The maximum Gasteiger partial charge on any atom is 0.263 e. The largest absolute Gasteiger partial charge is 0.264 e. The van der Waals surface area contributed by atoms with Gasteiger partial charge in [-0.1, -0.05) is 6.07 Å². The van der Waals surface area contributed by atoms with Gasteiger partial charge in [-0.05, 0) is 44.0 Å². The van der Waals surface area contributed by atoms with Crippen molar-refractivity contribution in [1.29, 1.82) is 0 Å². The Balaban J connectivity index is 2.40. The lowest BCUT2D eigenvalue weighted by molar-refractivity contribution is 0.600. The van der Waals surface area contributed by atoms with Crippen molar-refractivity contribution in [3.05, 3.63) is 41.1 Å². The molecule has 0 aliphatic rings. The molecule has 0 radical (unpaired) electrons. The average Bonchev–Trinajstić information content (AvgIpc) is 2.62. The van der Waals surface area contributed by atoms with Gasteiger partial charge in [0.15, 0.2) is 0 Å². The minimum absolute atomic E-state index is 0.258. The molecular weight excluding hydrogens is 250 g/mol. The number of anilines is 1. The number of sulfonamides is 1. The number of aromatic nitrogens is 2. The van der Waals surface area contributed by atoms with Crippen molar-refractivity contribution >= 4 is 15.8 Å². The predicted octanol–water partition coefficient (Wildman–Crippen LogP) is 2.14. The first-order valence-electron chi connectivity index (χ1n) is 5.49. The topological polar surface area (TPSA) is 74.8 Å². The van der Waals surface area contributed by atoms with Crippen molar-refractivity contribution in [3.8, 4) is 0 Å². The van der Waals surface area contributed by atoms with Crippen molar-refractivity contribution < 1.29 is 8.42 Å². The molecule has 96 valence electrons. The van der Waals surface area contributed by atoms with Crippen LogP contribution in [-0.2, 0) is 10.0 Å². The zero-order valence-corrected chi connectivity index (χ0v) is 11.3. The van der Waals surface area contributed by atoms with Gasteiger partial charge in [-0.2, -0.15) is 5.10 Å². The maximum absolute atomic E-state index is 12.2. The van der Waals surface area contributed by atoms with E-state index in [1.54, 1.807) is 25.3 Å². The number of nitrogens with zero attached hydrogens (tertiary/aromatic N) is 1. The minimum atomic E-state index is -3.57. The number of rotatable bonds is 3. The molecule has 2 aromatic rings. The standard InChI is InChI=1S/C12H15N3O2S/c1-8-4-9(2)6-11(5-8)18(16,17)15-12-10(3)7-13-14-12/h4-7H,1-3H3,(H2,13,14,15). The van der Waals surface area contributed by atoms with Crippen LogP contribution in [0, 0.1) is 20.8 Å². The first-order chi connectivity index (χ1) is 8.38. The Labute approximate surface area is 106 Å². The van der Waals surface area contributed by atoms with E-state index < -0.39 is 10.0 Å². The highest BCUT2D eigenvalue weighted by atomic mass is 32.2. The van der Waals surface area contributed by atoms with Crippen LogP contribution < -0.4 is 4.72 Å². The van der Waals surface area contributed by atoms with Gasteiger partial charge < -0.3 is 0 Å². The zero-order chi connectivity index (χ0) is 13.3. The van der Waals surface area contributed by atoms with Crippen molar-refractivity contribution in [1.82, 2.24) is 10.2 Å². The summed E-state index contributed by atoms with van der Waals surface area (Å²) >= 11 is 0. The molecular formula is C12H15N3O2S. The Morgan fingerprint density at radius 1 is 1.11 bits per heavy atom. The fourth-order valence-corrected chi connectivity index (χ4v) is 3.01. The molecule has 0 bridgehead atoms. The molecule has 0 aliphatic carbocycles. The number of aryl methyl sites for hydroxylation is 3. The minimum Gasteiger partial charge on any atom is -0.264 e. The van der Waals surface area contributed by atoms with Crippen molar-refractivity contribution in [2.45, 2.75) is 25.7 Å². The fraction of sp³-hybridized carbons (Fsp3) is 0.250. The second-order valence-electron chi connectivity index (χ2n) is 4.36. The highest BCUT2D eigenvalue weighted by Crippen LogP contribution is 2.19. The summed E-state index contributed by atoms with van der Waals surface area (Å²) in [5.41, 5.74) is 2.58. The molecule has 2 rings (SSSR count). The molecule has 0 spiro atoms. The van der Waals surface area contributed by atoms with Crippen LogP contribution >= 0.6 is 0 Å². The molecule has 0 saturated heterocycles. The molecule has 6 heteroatoms. The molecule has 1 aromatic carbocycles. The van der Waals surface area contributed by atoms with Gasteiger partial charge in [-0.15, -0.1) is 0 Å². The molecule has 0 fully saturated rings. The van der Waals surface area contributed by atoms with Crippen LogP contribution in [0.2, 0.25) is 0 Å². The maximum atomic E-state index is 12.2. The van der Waals surface area contributed by atoms with Crippen LogP contribution in [0.5, 0.6) is 0 Å². The van der Waals surface area contributed by atoms with Gasteiger partial charge in [0, 0.05) is 5.56 Å². The number of H-pyrrole nitrogens is 1. The van der Waals surface area contributed by atoms with Crippen molar-refractivity contribution in [3.63, 3.8) is 0 Å². The first-order valence-corrected chi connectivity index (χ1v) is 6.98. The number of benzene rings is 1. The third-order valence-corrected chi connectivity index (χ3v) is 3.90. The predicted molar refractivity (Wildman–Crippen MR) is 70.0 cm³/mol. The van der Waals surface area contributed by atoms with Crippen molar-refractivity contribution in [2.75, 3.05) is 4.72 Å². The van der Waals surface area contributed by atoms with Crippen LogP contribution in [0.3, 0.4) is 0 Å². The Bertz CT molecular complexity index is 654. The van der Waals surface area contributed by atoms with Crippen LogP contribution in [0.4, 0.5) is 5.82 Å². The molecule has 0 unspecified atom stereocenters. The molecule has 1 aromatic heterocycles. The quantitative estimate of drug-likeness (QED) is 0.892. The van der Waals surface area contributed by atoms with Gasteiger partial charge in [0.05, 0.1) is 11.1 Å². The molecule has 0 aliphatic heterocycles. The lowest BCUT2D eigenvalue weighted by atomic mass is 10.2. The Kier molecular flexibility index (Phi) is 3.13. The Hall–Kier alpha value is -1.82. The zero-order valence-electron chi connectivity index (χ0n) is 10.5. The van der Waals surface area contributed by atoms with E-state index in [4.69, 9.17) is 0 Å². The Morgan fingerprint density at radius 2 is 1.72 bits per heavy atom. The SMILES string of the molecule is Cc1cc(C)cc(S(=O)(=O)Nc2[nH]ncc2C)c1. The van der Waals surface area contributed by atoms with Gasteiger partial charge in [-0.3, -0.25) is 9.82 Å². The van der Waals surface area contributed by atoms with E-state index in [0.717, 1.165) is 16.7 Å². The summed E-state index contributed by atoms with van der Waals surface area (Å²) in [5.74, 6) is 0.397. The number of nitrogens with one attached hydrogen (secondary N) is 2. The molecule has 0 saturated carbocycles. The van der Waals surface area contributed by atoms with E-state index in [1.165, 1.54) is 0 Å². The summed E-state index contributed by atoms with van der Waals surface area (Å²) in [6, 6.07) is 5.21. The summed E-state index contributed by atoms with van der Waals surface area (Å²) in [5, 5.41) is 6.40. The molecule has 2 N–H and O–H groups in total. The van der Waals surface area contributed by atoms with E-state index in [-0.39, 0.29) is 4.90 Å². The summed E-state index contributed by atoms with van der Waals surface area (Å²) in [6.07, 6.45) is 1.57. The number of hydrogen-bond acceptors (Lipinski definition) is 3. The fourth-order valence-electron chi connectivity index (χ4n) is 1.73. The van der Waals surface area contributed by atoms with Gasteiger partial charge in [0.2, 0.25) is 0 Å². The van der Waals surface area contributed by atoms with Crippen LogP contribution in [0.1, 0.15) is 16.7 Å².